The Hall–Kier alpha value is -1.59. The third-order valence-electron chi connectivity index (χ3n) is 6.02. The van der Waals surface area contributed by atoms with Gasteiger partial charge in [0.05, 0.1) is 0 Å². The summed E-state index contributed by atoms with van der Waals surface area (Å²) in [6.45, 7) is 4.27. The molecule has 3 rings (SSSR count). The van der Waals surface area contributed by atoms with Crippen LogP contribution in [0.4, 0.5) is 5.69 Å². The van der Waals surface area contributed by atoms with Gasteiger partial charge in [-0.05, 0) is 74.9 Å². The second-order valence-corrected chi connectivity index (χ2v) is 8.22. The standard InChI is InChI=1S/C22H33N3O2.ClH/c1-16(18-6-5-13-23-15-18)14-21(26)24-20-11-9-17(10-12-20)22(27)25-19-7-3-2-4-8-19;/h9-12,16,18-19,23H,2-8,13-15H2,1H3,(H,24,26)(H,25,27);1H. The maximum absolute atomic E-state index is 12.4. The molecule has 1 aliphatic heterocycles. The van der Waals surface area contributed by atoms with E-state index in [9.17, 15) is 9.59 Å². The number of rotatable bonds is 6. The lowest BCUT2D eigenvalue weighted by molar-refractivity contribution is -0.117. The third-order valence-corrected chi connectivity index (χ3v) is 6.02. The summed E-state index contributed by atoms with van der Waals surface area (Å²) in [5, 5.41) is 9.51. The van der Waals surface area contributed by atoms with Crippen molar-refractivity contribution in [3.63, 3.8) is 0 Å². The van der Waals surface area contributed by atoms with Crippen LogP contribution in [0, 0.1) is 11.8 Å². The van der Waals surface area contributed by atoms with Crippen LogP contribution in [-0.4, -0.2) is 30.9 Å². The average Bonchev–Trinajstić information content (AvgIpc) is 2.70. The zero-order valence-corrected chi connectivity index (χ0v) is 17.7. The Labute approximate surface area is 174 Å². The summed E-state index contributed by atoms with van der Waals surface area (Å²) in [7, 11) is 0. The Bertz CT molecular complexity index is 623. The van der Waals surface area contributed by atoms with E-state index in [1.807, 2.05) is 12.1 Å². The fourth-order valence-corrected chi connectivity index (χ4v) is 4.26. The maximum Gasteiger partial charge on any atom is 0.251 e. The lowest BCUT2D eigenvalue weighted by Gasteiger charge is -2.28. The van der Waals surface area contributed by atoms with Crippen LogP contribution in [-0.2, 0) is 4.79 Å². The summed E-state index contributed by atoms with van der Waals surface area (Å²) in [6, 6.07) is 7.53. The second kappa shape index (κ2) is 11.4. The molecule has 1 aliphatic carbocycles. The summed E-state index contributed by atoms with van der Waals surface area (Å²) in [5.41, 5.74) is 1.41. The molecular formula is C22H34ClN3O2. The van der Waals surface area contributed by atoms with Crippen LogP contribution in [0.3, 0.4) is 0 Å². The molecule has 1 aromatic rings. The number of hydrogen-bond donors (Lipinski definition) is 3. The lowest BCUT2D eigenvalue weighted by Crippen LogP contribution is -2.36. The van der Waals surface area contributed by atoms with Gasteiger partial charge in [0.25, 0.3) is 5.91 Å². The maximum atomic E-state index is 12.4. The summed E-state index contributed by atoms with van der Waals surface area (Å²) in [6.07, 6.45) is 8.76. The third kappa shape index (κ3) is 6.78. The van der Waals surface area contributed by atoms with E-state index in [1.54, 1.807) is 12.1 Å². The molecule has 0 radical (unpaired) electrons. The highest BCUT2D eigenvalue weighted by atomic mass is 35.5. The fourth-order valence-electron chi connectivity index (χ4n) is 4.26. The number of nitrogens with one attached hydrogen (secondary N) is 3. The van der Waals surface area contributed by atoms with Crippen molar-refractivity contribution in [2.45, 2.75) is 64.3 Å². The van der Waals surface area contributed by atoms with Crippen LogP contribution < -0.4 is 16.0 Å². The van der Waals surface area contributed by atoms with Crippen molar-refractivity contribution in [1.82, 2.24) is 10.6 Å². The van der Waals surface area contributed by atoms with Gasteiger partial charge in [-0.3, -0.25) is 9.59 Å². The van der Waals surface area contributed by atoms with Gasteiger partial charge in [-0.2, -0.15) is 0 Å². The number of carbonyl (C=O) groups excluding carboxylic acids is 2. The molecule has 5 nitrogen and oxygen atoms in total. The van der Waals surface area contributed by atoms with Gasteiger partial charge in [0.1, 0.15) is 0 Å². The molecule has 2 fully saturated rings. The first-order valence-corrected chi connectivity index (χ1v) is 10.5. The van der Waals surface area contributed by atoms with Crippen LogP contribution in [0.1, 0.15) is 68.6 Å². The van der Waals surface area contributed by atoms with Gasteiger partial charge in [0, 0.05) is 23.7 Å². The highest BCUT2D eigenvalue weighted by Gasteiger charge is 2.22. The van der Waals surface area contributed by atoms with Gasteiger partial charge in [-0.25, -0.2) is 0 Å². The average molecular weight is 408 g/mol. The number of benzene rings is 1. The Morgan fingerprint density at radius 2 is 1.79 bits per heavy atom. The molecule has 28 heavy (non-hydrogen) atoms. The monoisotopic (exact) mass is 407 g/mol. The first kappa shape index (κ1) is 22.7. The van der Waals surface area contributed by atoms with E-state index in [1.165, 1.54) is 32.1 Å². The zero-order chi connectivity index (χ0) is 19.1. The van der Waals surface area contributed by atoms with E-state index in [4.69, 9.17) is 0 Å². The molecule has 1 heterocycles. The fraction of sp³-hybridized carbons (Fsp3) is 0.636. The smallest absolute Gasteiger partial charge is 0.251 e. The molecule has 2 unspecified atom stereocenters. The minimum atomic E-state index is -0.0156. The first-order chi connectivity index (χ1) is 13.1. The molecule has 6 heteroatoms. The van der Waals surface area contributed by atoms with Gasteiger partial charge in [0.2, 0.25) is 5.91 Å². The van der Waals surface area contributed by atoms with Gasteiger partial charge in [0.15, 0.2) is 0 Å². The molecule has 3 N–H and O–H groups in total. The number of amides is 2. The van der Waals surface area contributed by atoms with Gasteiger partial charge in [-0.15, -0.1) is 12.4 Å². The number of piperidine rings is 1. The van der Waals surface area contributed by atoms with Crippen molar-refractivity contribution in [2.75, 3.05) is 18.4 Å². The molecule has 1 saturated carbocycles. The molecule has 2 atom stereocenters. The van der Waals surface area contributed by atoms with Crippen molar-refractivity contribution >= 4 is 29.9 Å². The summed E-state index contributed by atoms with van der Waals surface area (Å²) in [4.78, 5) is 24.7. The number of carbonyl (C=O) groups is 2. The van der Waals surface area contributed by atoms with Crippen molar-refractivity contribution in [3.05, 3.63) is 29.8 Å². The number of halogens is 1. The summed E-state index contributed by atoms with van der Waals surface area (Å²) in [5.74, 6) is 0.986. The van der Waals surface area contributed by atoms with Crippen LogP contribution in [0.15, 0.2) is 24.3 Å². The molecule has 1 aromatic carbocycles. The SMILES string of the molecule is CC(CC(=O)Nc1ccc(C(=O)NC2CCCCC2)cc1)C1CCCNC1.Cl. The molecular weight excluding hydrogens is 374 g/mol. The normalized spacial score (nSPS) is 21.2. The van der Waals surface area contributed by atoms with E-state index < -0.39 is 0 Å². The molecule has 2 amide bonds. The number of anilines is 1. The Balaban J connectivity index is 0.00000280. The Morgan fingerprint density at radius 1 is 1.07 bits per heavy atom. The Morgan fingerprint density at radius 3 is 2.43 bits per heavy atom. The minimum absolute atomic E-state index is 0. The van der Waals surface area contributed by atoms with E-state index in [2.05, 4.69) is 22.9 Å². The van der Waals surface area contributed by atoms with Gasteiger partial charge >= 0.3 is 0 Å². The van der Waals surface area contributed by atoms with Crippen LogP contribution in [0.25, 0.3) is 0 Å². The quantitative estimate of drug-likeness (QED) is 0.663. The zero-order valence-electron chi connectivity index (χ0n) is 16.8. The lowest BCUT2D eigenvalue weighted by atomic mass is 9.85. The van der Waals surface area contributed by atoms with Crippen LogP contribution >= 0.6 is 12.4 Å². The topological polar surface area (TPSA) is 70.2 Å². The number of hydrogen-bond acceptors (Lipinski definition) is 3. The van der Waals surface area contributed by atoms with Crippen molar-refractivity contribution in [2.24, 2.45) is 11.8 Å². The Kier molecular flexibility index (Phi) is 9.26. The molecule has 2 aliphatic rings. The first-order valence-electron chi connectivity index (χ1n) is 10.5. The molecule has 156 valence electrons. The van der Waals surface area contributed by atoms with Crippen molar-refractivity contribution in [3.8, 4) is 0 Å². The summed E-state index contributed by atoms with van der Waals surface area (Å²) < 4.78 is 0. The van der Waals surface area contributed by atoms with Crippen molar-refractivity contribution in [1.29, 1.82) is 0 Å². The highest BCUT2D eigenvalue weighted by molar-refractivity contribution is 5.96. The molecule has 0 spiro atoms. The van der Waals surface area contributed by atoms with E-state index >= 15 is 0 Å². The second-order valence-electron chi connectivity index (χ2n) is 8.22. The summed E-state index contributed by atoms with van der Waals surface area (Å²) >= 11 is 0. The minimum Gasteiger partial charge on any atom is -0.349 e. The molecule has 0 bridgehead atoms. The van der Waals surface area contributed by atoms with E-state index in [-0.39, 0.29) is 24.2 Å². The van der Waals surface area contributed by atoms with E-state index in [0.717, 1.165) is 31.6 Å². The van der Waals surface area contributed by atoms with Crippen LogP contribution in [0.5, 0.6) is 0 Å². The predicted octanol–water partition coefficient (Wildman–Crippen LogP) is 4.14. The van der Waals surface area contributed by atoms with Crippen molar-refractivity contribution < 1.29 is 9.59 Å². The predicted molar refractivity (Wildman–Crippen MR) is 116 cm³/mol. The van der Waals surface area contributed by atoms with E-state index in [0.29, 0.717) is 29.9 Å². The largest absolute Gasteiger partial charge is 0.349 e. The molecule has 0 aromatic heterocycles. The highest BCUT2D eigenvalue weighted by Crippen LogP contribution is 2.23. The van der Waals surface area contributed by atoms with Crippen LogP contribution in [0.2, 0.25) is 0 Å². The van der Waals surface area contributed by atoms with Gasteiger partial charge < -0.3 is 16.0 Å². The van der Waals surface area contributed by atoms with Gasteiger partial charge in [-0.1, -0.05) is 26.2 Å². The molecule has 1 saturated heterocycles.